The van der Waals surface area contributed by atoms with E-state index >= 15 is 0 Å². The molecule has 3 heterocycles. The van der Waals surface area contributed by atoms with Gasteiger partial charge in [-0.05, 0) is 18.6 Å². The molecule has 1 N–H and O–H groups in total. The minimum absolute atomic E-state index is 0.244. The van der Waals surface area contributed by atoms with Gasteiger partial charge in [-0.15, -0.1) is 0 Å². The van der Waals surface area contributed by atoms with Crippen molar-refractivity contribution in [3.8, 4) is 34.3 Å². The molecule has 4 aromatic rings. The van der Waals surface area contributed by atoms with Crippen molar-refractivity contribution in [1.29, 1.82) is 0 Å². The average Bonchev–Trinajstić information content (AvgIpc) is 3.10. The van der Waals surface area contributed by atoms with Crippen LogP contribution in [0.4, 0.5) is 0 Å². The van der Waals surface area contributed by atoms with Gasteiger partial charge in [0.1, 0.15) is 0 Å². The molecule has 1 aromatic carbocycles. The van der Waals surface area contributed by atoms with E-state index in [9.17, 15) is 0 Å². The molecule has 3 aromatic heterocycles. The molecule has 0 spiro atoms. The molecule has 0 saturated heterocycles. The highest BCUT2D eigenvalue weighted by Crippen LogP contribution is 2.33. The molecule has 4 rings (SSSR count). The van der Waals surface area contributed by atoms with Gasteiger partial charge in [-0.3, -0.25) is 5.10 Å². The lowest BCUT2D eigenvalue weighted by molar-refractivity contribution is 0.353. The second-order valence-electron chi connectivity index (χ2n) is 5.84. The summed E-state index contributed by atoms with van der Waals surface area (Å²) in [5, 5.41) is 8.18. The maximum absolute atomic E-state index is 5.39. The number of H-pyrrole nitrogens is 1. The normalized spacial score (nSPS) is 10.9. The van der Waals surface area contributed by atoms with Crippen LogP contribution in [0.15, 0.2) is 42.7 Å². The van der Waals surface area contributed by atoms with Crippen LogP contribution in [0.3, 0.4) is 0 Å². The molecule has 130 valence electrons. The lowest BCUT2D eigenvalue weighted by Crippen LogP contribution is -1.98. The molecule has 7 heteroatoms. The largest absolute Gasteiger partial charge is 0.480 e. The number of rotatable bonds is 4. The van der Waals surface area contributed by atoms with Crippen LogP contribution in [0.25, 0.3) is 33.4 Å². The van der Waals surface area contributed by atoms with Crippen LogP contribution >= 0.6 is 0 Å². The van der Waals surface area contributed by atoms with Crippen molar-refractivity contribution in [2.24, 2.45) is 0 Å². The first-order valence-electron chi connectivity index (χ1n) is 8.06. The van der Waals surface area contributed by atoms with Crippen molar-refractivity contribution in [3.05, 3.63) is 48.3 Å². The molecule has 0 saturated carbocycles. The van der Waals surface area contributed by atoms with Gasteiger partial charge in [0.05, 0.1) is 25.5 Å². The Bertz CT molecular complexity index is 1090. The Morgan fingerprint density at radius 2 is 1.85 bits per heavy atom. The van der Waals surface area contributed by atoms with Gasteiger partial charge in [-0.1, -0.05) is 29.8 Å². The highest BCUT2D eigenvalue weighted by atomic mass is 16.5. The Balaban J connectivity index is 1.88. The van der Waals surface area contributed by atoms with Crippen LogP contribution in [-0.2, 0) is 0 Å². The number of hydrogen-bond acceptors (Lipinski definition) is 6. The Morgan fingerprint density at radius 1 is 0.962 bits per heavy atom. The van der Waals surface area contributed by atoms with E-state index in [0.717, 1.165) is 22.2 Å². The van der Waals surface area contributed by atoms with E-state index < -0.39 is 0 Å². The smallest absolute Gasteiger partial charge is 0.319 e. The van der Waals surface area contributed by atoms with Crippen molar-refractivity contribution in [3.63, 3.8) is 0 Å². The van der Waals surface area contributed by atoms with E-state index in [0.29, 0.717) is 17.1 Å². The molecule has 0 unspecified atom stereocenters. The van der Waals surface area contributed by atoms with Gasteiger partial charge in [0.15, 0.2) is 5.65 Å². The number of ether oxygens (including phenoxy) is 2. The molecular weight excluding hydrogens is 330 g/mol. The van der Waals surface area contributed by atoms with Crippen LogP contribution in [0.2, 0.25) is 0 Å². The SMILES string of the molecule is COc1ncc(-c2[nH]nc3ncc(-c4cccc(C)c4)cc23)c(OC)n1. The Labute approximate surface area is 150 Å². The van der Waals surface area contributed by atoms with Gasteiger partial charge in [0.25, 0.3) is 0 Å². The van der Waals surface area contributed by atoms with Crippen molar-refractivity contribution >= 4 is 11.0 Å². The van der Waals surface area contributed by atoms with Crippen molar-refractivity contribution in [2.75, 3.05) is 14.2 Å². The number of nitrogens with zero attached hydrogens (tertiary/aromatic N) is 4. The third-order valence-corrected chi connectivity index (χ3v) is 4.14. The first-order chi connectivity index (χ1) is 12.7. The number of aromatic amines is 1. The number of pyridine rings is 1. The monoisotopic (exact) mass is 347 g/mol. The summed E-state index contributed by atoms with van der Waals surface area (Å²) >= 11 is 0. The van der Waals surface area contributed by atoms with Crippen LogP contribution in [0.1, 0.15) is 5.56 Å². The molecule has 0 aliphatic heterocycles. The number of aromatic nitrogens is 5. The molecule has 0 fully saturated rings. The van der Waals surface area contributed by atoms with Gasteiger partial charge < -0.3 is 9.47 Å². The maximum atomic E-state index is 5.39. The first-order valence-corrected chi connectivity index (χ1v) is 8.06. The fourth-order valence-corrected chi connectivity index (χ4v) is 2.86. The summed E-state index contributed by atoms with van der Waals surface area (Å²) < 4.78 is 10.5. The zero-order valence-electron chi connectivity index (χ0n) is 14.6. The fourth-order valence-electron chi connectivity index (χ4n) is 2.86. The third kappa shape index (κ3) is 2.73. The summed E-state index contributed by atoms with van der Waals surface area (Å²) in [5.74, 6) is 0.406. The van der Waals surface area contributed by atoms with E-state index in [1.54, 1.807) is 13.3 Å². The molecule has 0 aliphatic rings. The summed E-state index contributed by atoms with van der Waals surface area (Å²) in [5.41, 5.74) is 5.37. The lowest BCUT2D eigenvalue weighted by atomic mass is 10.0. The Morgan fingerprint density at radius 3 is 2.62 bits per heavy atom. The third-order valence-electron chi connectivity index (χ3n) is 4.14. The fraction of sp³-hybridized carbons (Fsp3) is 0.158. The summed E-state index contributed by atoms with van der Waals surface area (Å²) in [4.78, 5) is 12.9. The Kier molecular flexibility index (Phi) is 3.96. The second-order valence-corrected chi connectivity index (χ2v) is 5.84. The van der Waals surface area contributed by atoms with E-state index in [4.69, 9.17) is 9.47 Å². The van der Waals surface area contributed by atoms with Crippen LogP contribution < -0.4 is 9.47 Å². The van der Waals surface area contributed by atoms with Crippen LogP contribution in [0, 0.1) is 6.92 Å². The van der Waals surface area contributed by atoms with E-state index in [1.165, 1.54) is 12.7 Å². The molecule has 7 nitrogen and oxygen atoms in total. The highest BCUT2D eigenvalue weighted by molar-refractivity contribution is 5.94. The van der Waals surface area contributed by atoms with Crippen molar-refractivity contribution < 1.29 is 9.47 Å². The lowest BCUT2D eigenvalue weighted by Gasteiger charge is -2.07. The van der Waals surface area contributed by atoms with Gasteiger partial charge in [0.2, 0.25) is 5.88 Å². The van der Waals surface area contributed by atoms with Crippen molar-refractivity contribution in [1.82, 2.24) is 25.1 Å². The standard InChI is InChI=1S/C19H17N5O2/c1-11-5-4-6-12(7-11)13-8-14-16(23-24-17(14)20-9-13)15-10-21-19(26-3)22-18(15)25-2/h4-10H,1-3H3,(H,20,23,24). The molecule has 0 aliphatic carbocycles. The molecule has 0 radical (unpaired) electrons. The zero-order valence-corrected chi connectivity index (χ0v) is 14.6. The Hall–Kier alpha value is -3.48. The number of fused-ring (bicyclic) bond motifs is 1. The van der Waals surface area contributed by atoms with E-state index in [1.807, 2.05) is 12.3 Å². The maximum Gasteiger partial charge on any atom is 0.319 e. The minimum atomic E-state index is 0.244. The van der Waals surface area contributed by atoms with E-state index in [-0.39, 0.29) is 6.01 Å². The first kappa shape index (κ1) is 16.0. The summed E-state index contributed by atoms with van der Waals surface area (Å²) in [7, 11) is 3.07. The number of nitrogens with one attached hydrogen (secondary N) is 1. The van der Waals surface area contributed by atoms with Crippen LogP contribution in [-0.4, -0.2) is 39.4 Å². The highest BCUT2D eigenvalue weighted by Gasteiger charge is 2.17. The number of hydrogen-bond donors (Lipinski definition) is 1. The quantitative estimate of drug-likeness (QED) is 0.609. The predicted octanol–water partition coefficient (Wildman–Crippen LogP) is 3.41. The van der Waals surface area contributed by atoms with Gasteiger partial charge in [-0.2, -0.15) is 10.1 Å². The van der Waals surface area contributed by atoms with Gasteiger partial charge in [0, 0.05) is 23.3 Å². The van der Waals surface area contributed by atoms with E-state index in [2.05, 4.69) is 56.3 Å². The van der Waals surface area contributed by atoms with Gasteiger partial charge in [-0.25, -0.2) is 9.97 Å². The second kappa shape index (κ2) is 6.44. The number of aryl methyl sites for hydroxylation is 1. The number of methoxy groups -OCH3 is 2. The van der Waals surface area contributed by atoms with Gasteiger partial charge >= 0.3 is 6.01 Å². The average molecular weight is 347 g/mol. The van der Waals surface area contributed by atoms with Crippen molar-refractivity contribution in [2.45, 2.75) is 6.92 Å². The summed E-state index contributed by atoms with van der Waals surface area (Å²) in [6, 6.07) is 10.6. The molecular formula is C19H17N5O2. The topological polar surface area (TPSA) is 85.8 Å². The molecule has 26 heavy (non-hydrogen) atoms. The minimum Gasteiger partial charge on any atom is -0.480 e. The van der Waals surface area contributed by atoms with Crippen LogP contribution in [0.5, 0.6) is 11.9 Å². The molecule has 0 atom stereocenters. The predicted molar refractivity (Wildman–Crippen MR) is 98.2 cm³/mol. The number of benzene rings is 1. The zero-order chi connectivity index (χ0) is 18.1. The summed E-state index contributed by atoms with van der Waals surface area (Å²) in [6.07, 6.45) is 3.47. The summed E-state index contributed by atoms with van der Waals surface area (Å²) in [6.45, 7) is 2.07. The molecule has 0 amide bonds. The molecule has 0 bridgehead atoms.